The summed E-state index contributed by atoms with van der Waals surface area (Å²) < 4.78 is 9.66. The summed E-state index contributed by atoms with van der Waals surface area (Å²) >= 11 is 7.88. The van der Waals surface area contributed by atoms with E-state index in [1.807, 2.05) is 30.3 Å². The van der Waals surface area contributed by atoms with Crippen molar-refractivity contribution in [3.8, 4) is 5.75 Å². The van der Waals surface area contributed by atoms with Crippen LogP contribution in [0.4, 0.5) is 5.69 Å². The molecule has 5 atom stereocenters. The number of aliphatic hydroxyl groups excluding tert-OH is 1. The summed E-state index contributed by atoms with van der Waals surface area (Å²) in [5.41, 5.74) is 3.95. The number of amides is 1. The summed E-state index contributed by atoms with van der Waals surface area (Å²) in [6, 6.07) is 12.2. The van der Waals surface area contributed by atoms with Gasteiger partial charge in [0, 0.05) is 39.8 Å². The molecule has 0 saturated heterocycles. The predicted molar refractivity (Wildman–Crippen MR) is 160 cm³/mol. The van der Waals surface area contributed by atoms with Gasteiger partial charge in [-0.05, 0) is 104 Å². The smallest absolute Gasteiger partial charge is 0.261 e. The maximum absolute atomic E-state index is 13.2. The van der Waals surface area contributed by atoms with Crippen molar-refractivity contribution in [3.05, 3.63) is 70.3 Å². The lowest BCUT2D eigenvalue weighted by molar-refractivity contribution is -0.0469. The highest BCUT2D eigenvalue weighted by Crippen LogP contribution is 2.52. The van der Waals surface area contributed by atoms with Gasteiger partial charge < -0.3 is 14.7 Å². The average molecular weight is 567 g/mol. The number of ether oxygens (including phenoxy) is 1. The van der Waals surface area contributed by atoms with Gasteiger partial charge in [0.25, 0.3) is 5.91 Å². The number of allylic oxidation sites excluding steroid dienone is 1. The van der Waals surface area contributed by atoms with Crippen LogP contribution in [0.5, 0.6) is 5.75 Å². The number of benzene rings is 2. The maximum atomic E-state index is 13.2. The summed E-state index contributed by atoms with van der Waals surface area (Å²) in [6.45, 7) is 6.59. The fraction of sp³-hybridized carbons (Fsp3) is 0.531. The van der Waals surface area contributed by atoms with Crippen LogP contribution in [0.1, 0.15) is 73.9 Å². The van der Waals surface area contributed by atoms with E-state index in [1.165, 1.54) is 23.1 Å². The monoisotopic (exact) mass is 566 g/mol. The number of carbonyl (C=O) groups excluding carboxylic acids is 1. The van der Waals surface area contributed by atoms with Gasteiger partial charge in [-0.15, -0.1) is 0 Å². The molecule has 1 amide bonds. The minimum atomic E-state index is -0.465. The molecule has 39 heavy (non-hydrogen) atoms. The van der Waals surface area contributed by atoms with Gasteiger partial charge in [-0.1, -0.05) is 43.7 Å². The molecule has 4 aliphatic rings. The highest BCUT2D eigenvalue weighted by atomic mass is 35.5. The normalized spacial score (nSPS) is 33.6. The Bertz CT molecular complexity index is 1280. The van der Waals surface area contributed by atoms with Crippen LogP contribution in [0, 0.1) is 11.3 Å². The first kappa shape index (κ1) is 27.0. The Balaban J connectivity index is 1.41. The molecular formula is C32H39ClN2O3S. The molecule has 0 radical (unpaired) electrons. The largest absolute Gasteiger partial charge is 0.490 e. The van der Waals surface area contributed by atoms with Crippen LogP contribution in [0.3, 0.4) is 0 Å². The Labute approximate surface area is 241 Å². The summed E-state index contributed by atoms with van der Waals surface area (Å²) in [5, 5.41) is 12.3. The lowest BCUT2D eigenvalue weighted by Gasteiger charge is -2.52. The molecular weight excluding hydrogens is 528 g/mol. The number of fused-ring (bicyclic) bond motifs is 4. The fourth-order valence-electron chi connectivity index (χ4n) is 7.06. The van der Waals surface area contributed by atoms with E-state index in [0.29, 0.717) is 18.1 Å². The highest BCUT2D eigenvalue weighted by molar-refractivity contribution is 7.98. The van der Waals surface area contributed by atoms with Crippen molar-refractivity contribution in [2.45, 2.75) is 75.6 Å². The molecule has 2 aliphatic heterocycles. The van der Waals surface area contributed by atoms with Gasteiger partial charge in [-0.25, -0.2) is 0 Å². The van der Waals surface area contributed by atoms with Gasteiger partial charge in [0.05, 0.1) is 18.4 Å². The van der Waals surface area contributed by atoms with Crippen molar-refractivity contribution in [3.63, 3.8) is 0 Å². The second-order valence-corrected chi connectivity index (χ2v) is 14.0. The number of anilines is 1. The number of hydrogen-bond acceptors (Lipinski definition) is 5. The third-order valence-corrected chi connectivity index (χ3v) is 11.0. The summed E-state index contributed by atoms with van der Waals surface area (Å²) in [4.78, 5) is 15.6. The minimum Gasteiger partial charge on any atom is -0.490 e. The van der Waals surface area contributed by atoms with Crippen molar-refractivity contribution < 1.29 is 14.6 Å². The van der Waals surface area contributed by atoms with E-state index >= 15 is 0 Å². The first-order chi connectivity index (χ1) is 18.8. The standard InChI is InChI=1S/C32H39ClN2O3S/c1-21-6-3-4-8-29(36)31(2)15-13-24(31)18-35-19-32(14-5-7-22-16-25(33)10-11-26(22)32)20-38-28-12-9-23(17-27(28)35)30(37)34-39-21/h4,8-12,16-17,21,24,29,36H,3,5-7,13-15,18-20H2,1-2H3,(H,34,37)/b8-4-/t21-,24-,29+,31+,32+/m1/s1. The zero-order chi connectivity index (χ0) is 27.2. The SMILES string of the molecule is C[C@@H]1CC/C=C\[C@H](O)[C@@]2(C)CC[C@@H]2CN2C[C@@]3(CCCc4cc(Cl)ccc43)COc3ccc(cc32)C(=O)NS1. The second kappa shape index (κ2) is 10.7. The second-order valence-electron chi connectivity index (χ2n) is 12.3. The van der Waals surface area contributed by atoms with Crippen LogP contribution < -0.4 is 14.4 Å². The zero-order valence-electron chi connectivity index (χ0n) is 22.9. The van der Waals surface area contributed by atoms with E-state index in [2.05, 4.69) is 41.7 Å². The molecule has 208 valence electrons. The van der Waals surface area contributed by atoms with Gasteiger partial charge in [-0.2, -0.15) is 0 Å². The lowest BCUT2D eigenvalue weighted by atomic mass is 9.58. The van der Waals surface area contributed by atoms with Gasteiger partial charge in [0.2, 0.25) is 0 Å². The van der Waals surface area contributed by atoms with E-state index in [0.717, 1.165) is 74.5 Å². The molecule has 7 heteroatoms. The molecule has 2 N–H and O–H groups in total. The zero-order valence-corrected chi connectivity index (χ0v) is 24.5. The number of hydrogen-bond donors (Lipinski definition) is 2. The summed E-state index contributed by atoms with van der Waals surface area (Å²) in [5.74, 6) is 1.10. The Kier molecular flexibility index (Phi) is 7.41. The Morgan fingerprint density at radius 2 is 2.05 bits per heavy atom. The molecule has 5 nitrogen and oxygen atoms in total. The molecule has 1 fully saturated rings. The van der Waals surface area contributed by atoms with Gasteiger partial charge in [-0.3, -0.25) is 9.52 Å². The third-order valence-electron chi connectivity index (χ3n) is 9.79. The van der Waals surface area contributed by atoms with Gasteiger partial charge in [0.15, 0.2) is 0 Å². The molecule has 0 unspecified atom stereocenters. The van der Waals surface area contributed by atoms with E-state index in [9.17, 15) is 9.90 Å². The van der Waals surface area contributed by atoms with Crippen LogP contribution in [0.15, 0.2) is 48.6 Å². The third kappa shape index (κ3) is 5.09. The van der Waals surface area contributed by atoms with Crippen molar-refractivity contribution in [1.29, 1.82) is 0 Å². The van der Waals surface area contributed by atoms with E-state index in [4.69, 9.17) is 16.3 Å². The van der Waals surface area contributed by atoms with Crippen LogP contribution in [0.25, 0.3) is 0 Å². The molecule has 2 heterocycles. The van der Waals surface area contributed by atoms with Crippen LogP contribution >= 0.6 is 23.5 Å². The first-order valence-electron chi connectivity index (χ1n) is 14.4. The summed E-state index contributed by atoms with van der Waals surface area (Å²) in [6.07, 6.45) is 10.8. The minimum absolute atomic E-state index is 0.0715. The number of rotatable bonds is 0. The molecule has 2 bridgehead atoms. The predicted octanol–water partition coefficient (Wildman–Crippen LogP) is 6.71. The fourth-order valence-corrected chi connectivity index (χ4v) is 7.94. The Hall–Kier alpha value is -2.15. The van der Waals surface area contributed by atoms with Crippen LogP contribution in [0.2, 0.25) is 5.02 Å². The Morgan fingerprint density at radius 3 is 2.87 bits per heavy atom. The first-order valence-corrected chi connectivity index (χ1v) is 15.6. The molecule has 0 aromatic heterocycles. The molecule has 2 aromatic carbocycles. The average Bonchev–Trinajstić information content (AvgIpc) is 3.08. The van der Waals surface area contributed by atoms with E-state index in [1.54, 1.807) is 0 Å². The number of nitrogens with zero attached hydrogens (tertiary/aromatic N) is 1. The number of aryl methyl sites for hydroxylation is 1. The van der Waals surface area contributed by atoms with Crippen molar-refractivity contribution >= 4 is 35.1 Å². The van der Waals surface area contributed by atoms with Crippen molar-refractivity contribution in [2.24, 2.45) is 11.3 Å². The summed E-state index contributed by atoms with van der Waals surface area (Å²) in [7, 11) is 0. The number of halogens is 1. The van der Waals surface area contributed by atoms with E-state index in [-0.39, 0.29) is 22.0 Å². The molecule has 1 saturated carbocycles. The molecule has 2 aliphatic carbocycles. The Morgan fingerprint density at radius 1 is 1.18 bits per heavy atom. The van der Waals surface area contributed by atoms with Gasteiger partial charge in [0.1, 0.15) is 5.75 Å². The number of aliphatic hydroxyl groups is 1. The quantitative estimate of drug-likeness (QED) is 0.274. The maximum Gasteiger partial charge on any atom is 0.261 e. The molecule has 6 rings (SSSR count). The number of nitrogens with one attached hydrogen (secondary N) is 1. The van der Waals surface area contributed by atoms with Gasteiger partial charge >= 0.3 is 0 Å². The van der Waals surface area contributed by atoms with Crippen molar-refractivity contribution in [1.82, 2.24) is 4.72 Å². The van der Waals surface area contributed by atoms with Crippen LogP contribution in [-0.4, -0.2) is 42.1 Å². The van der Waals surface area contributed by atoms with Crippen LogP contribution in [-0.2, 0) is 11.8 Å². The molecule has 1 spiro atoms. The van der Waals surface area contributed by atoms with Crippen molar-refractivity contribution in [2.75, 3.05) is 24.6 Å². The molecule has 2 aromatic rings. The number of carbonyl (C=O) groups is 1. The topological polar surface area (TPSA) is 61.8 Å². The lowest BCUT2D eigenvalue weighted by Crippen LogP contribution is -2.53. The van der Waals surface area contributed by atoms with E-state index < -0.39 is 6.10 Å². The highest BCUT2D eigenvalue weighted by Gasteiger charge is 2.49.